The summed E-state index contributed by atoms with van der Waals surface area (Å²) in [4.78, 5) is 11.8. The fourth-order valence-corrected chi connectivity index (χ4v) is 3.31. The Morgan fingerprint density at radius 2 is 1.91 bits per heavy atom. The maximum Gasteiger partial charge on any atom is 0.158 e. The van der Waals surface area contributed by atoms with Crippen LogP contribution in [0.5, 0.6) is 0 Å². The number of rotatable bonds is 3. The van der Waals surface area contributed by atoms with Gasteiger partial charge in [-0.25, -0.2) is 9.98 Å². The van der Waals surface area contributed by atoms with Crippen LogP contribution in [0.3, 0.4) is 0 Å². The summed E-state index contributed by atoms with van der Waals surface area (Å²) >= 11 is 0. The summed E-state index contributed by atoms with van der Waals surface area (Å²) in [5.41, 5.74) is 4.24. The van der Waals surface area contributed by atoms with E-state index in [1.165, 1.54) is 16.7 Å². The molecule has 1 aliphatic rings. The summed E-state index contributed by atoms with van der Waals surface area (Å²) in [6.45, 7) is 8.79. The van der Waals surface area contributed by atoms with Crippen molar-refractivity contribution in [2.24, 2.45) is 10.9 Å². The van der Waals surface area contributed by atoms with Gasteiger partial charge in [0.2, 0.25) is 0 Å². The van der Waals surface area contributed by atoms with Crippen molar-refractivity contribution in [3.63, 3.8) is 0 Å². The number of aryl methyl sites for hydroxylation is 1. The molecule has 23 heavy (non-hydrogen) atoms. The Morgan fingerprint density at radius 1 is 1.17 bits per heavy atom. The molecule has 0 bridgehead atoms. The molecule has 0 spiro atoms. The normalized spacial score (nSPS) is 20.0. The van der Waals surface area contributed by atoms with Crippen LogP contribution in [-0.2, 0) is 12.1 Å². The maximum atomic E-state index is 5.04. The van der Waals surface area contributed by atoms with Crippen molar-refractivity contribution in [2.45, 2.75) is 39.8 Å². The van der Waals surface area contributed by atoms with E-state index < -0.39 is 5.66 Å². The molecule has 2 aromatic rings. The largest absolute Gasteiger partial charge is 0.352 e. The molecule has 1 atom stereocenters. The summed E-state index contributed by atoms with van der Waals surface area (Å²) in [6.07, 6.45) is 5.14. The maximum absolute atomic E-state index is 5.04. The van der Waals surface area contributed by atoms with Gasteiger partial charge in [-0.15, -0.1) is 0 Å². The van der Waals surface area contributed by atoms with Crippen molar-refractivity contribution in [3.05, 3.63) is 63.9 Å². The van der Waals surface area contributed by atoms with Gasteiger partial charge in [0.15, 0.2) is 11.2 Å². The molecule has 1 unspecified atom stereocenters. The van der Waals surface area contributed by atoms with Gasteiger partial charge in [0, 0.05) is 30.2 Å². The van der Waals surface area contributed by atoms with Gasteiger partial charge < -0.3 is 4.90 Å². The first-order valence-corrected chi connectivity index (χ1v) is 8.26. The highest BCUT2D eigenvalue weighted by Gasteiger charge is 2.32. The molecule has 120 valence electrons. The molecule has 0 amide bonds. The first-order valence-electron chi connectivity index (χ1n) is 8.26. The Morgan fingerprint density at radius 3 is 2.61 bits per heavy atom. The summed E-state index contributed by atoms with van der Waals surface area (Å²) in [6, 6.07) is 10.6. The molecule has 2 heterocycles. The lowest BCUT2D eigenvalue weighted by Gasteiger charge is -2.38. The highest BCUT2D eigenvalue weighted by molar-refractivity contribution is 5.38. The molecule has 0 saturated heterocycles. The third kappa shape index (κ3) is 2.76. The molecule has 1 aromatic heterocycles. The smallest absolute Gasteiger partial charge is 0.158 e. The number of pyridine rings is 1. The third-order valence-corrected chi connectivity index (χ3v) is 4.68. The van der Waals surface area contributed by atoms with Crippen molar-refractivity contribution in [2.75, 3.05) is 7.05 Å². The van der Waals surface area contributed by atoms with E-state index in [4.69, 9.17) is 4.99 Å². The van der Waals surface area contributed by atoms with Gasteiger partial charge in [-0.1, -0.05) is 38.1 Å². The standard InChI is InChI=1S/C20H25N3/c1-14(2)12-16-10-11-21-19-17(16)13-23(5)20(4,22-19)18-9-7-6-8-15(18)3/h6-11,13-14H,12H2,1-5H3. The molecule has 0 fully saturated rings. The Labute approximate surface area is 138 Å². The summed E-state index contributed by atoms with van der Waals surface area (Å²) in [5, 5.41) is 1.16. The average molecular weight is 307 g/mol. The van der Waals surface area contributed by atoms with Crippen molar-refractivity contribution < 1.29 is 0 Å². The Balaban J connectivity index is 2.20. The number of hydrogen-bond acceptors (Lipinski definition) is 3. The lowest BCUT2D eigenvalue weighted by molar-refractivity contribution is 0.223. The van der Waals surface area contributed by atoms with Gasteiger partial charge in [0.25, 0.3) is 0 Å². The van der Waals surface area contributed by atoms with Crippen LogP contribution in [0.15, 0.2) is 41.5 Å². The van der Waals surface area contributed by atoms with Crippen LogP contribution in [0.2, 0.25) is 0 Å². The van der Waals surface area contributed by atoms with Crippen LogP contribution >= 0.6 is 0 Å². The topological polar surface area (TPSA) is 28.5 Å². The molecule has 0 saturated carbocycles. The lowest BCUT2D eigenvalue weighted by Crippen LogP contribution is -2.48. The number of aromatic nitrogens is 1. The fraction of sp³-hybridized carbons (Fsp3) is 0.400. The molecule has 3 rings (SSSR count). The minimum absolute atomic E-state index is 0.415. The van der Waals surface area contributed by atoms with Crippen LogP contribution in [0.25, 0.3) is 6.20 Å². The zero-order chi connectivity index (χ0) is 16.6. The number of benzene rings is 1. The van der Waals surface area contributed by atoms with Crippen molar-refractivity contribution in [1.82, 2.24) is 9.88 Å². The molecule has 0 aliphatic carbocycles. The fourth-order valence-electron chi connectivity index (χ4n) is 3.31. The molecule has 1 aliphatic heterocycles. The summed E-state index contributed by atoms with van der Waals surface area (Å²) in [7, 11) is 2.10. The molecular weight excluding hydrogens is 282 g/mol. The van der Waals surface area contributed by atoms with Gasteiger partial charge in [-0.2, -0.15) is 0 Å². The molecule has 0 radical (unpaired) electrons. The van der Waals surface area contributed by atoms with Gasteiger partial charge in [-0.05, 0) is 43.4 Å². The van der Waals surface area contributed by atoms with E-state index >= 15 is 0 Å². The van der Waals surface area contributed by atoms with Gasteiger partial charge in [0.05, 0.1) is 0 Å². The molecular formula is C20H25N3. The second kappa shape index (κ2) is 5.80. The zero-order valence-electron chi connectivity index (χ0n) is 14.7. The summed E-state index contributed by atoms with van der Waals surface area (Å²) in [5.74, 6) is 0.616. The van der Waals surface area contributed by atoms with E-state index in [0.717, 1.165) is 17.1 Å². The Kier molecular flexibility index (Phi) is 3.97. The van der Waals surface area contributed by atoms with Crippen LogP contribution in [0.4, 0.5) is 0 Å². The Bertz CT molecular complexity index is 838. The van der Waals surface area contributed by atoms with E-state index in [2.05, 4.69) is 81.2 Å². The van der Waals surface area contributed by atoms with Crippen molar-refractivity contribution in [3.8, 4) is 0 Å². The highest BCUT2D eigenvalue weighted by Crippen LogP contribution is 2.31. The van der Waals surface area contributed by atoms with Crippen LogP contribution in [0.1, 0.15) is 37.5 Å². The van der Waals surface area contributed by atoms with Crippen LogP contribution in [-0.4, -0.2) is 16.9 Å². The summed E-state index contributed by atoms with van der Waals surface area (Å²) < 4.78 is 0. The molecule has 3 nitrogen and oxygen atoms in total. The zero-order valence-corrected chi connectivity index (χ0v) is 14.7. The lowest BCUT2D eigenvalue weighted by atomic mass is 9.94. The van der Waals surface area contributed by atoms with Crippen molar-refractivity contribution in [1.29, 1.82) is 0 Å². The second-order valence-corrected chi connectivity index (χ2v) is 6.99. The van der Waals surface area contributed by atoms with E-state index in [-0.39, 0.29) is 0 Å². The minimum Gasteiger partial charge on any atom is -0.352 e. The quantitative estimate of drug-likeness (QED) is 0.872. The Hall–Kier alpha value is -2.16. The molecule has 0 N–H and O–H groups in total. The van der Waals surface area contributed by atoms with E-state index in [9.17, 15) is 0 Å². The predicted octanol–water partition coefficient (Wildman–Crippen LogP) is 2.76. The van der Waals surface area contributed by atoms with Gasteiger partial charge in [-0.3, -0.25) is 0 Å². The van der Waals surface area contributed by atoms with E-state index in [1.54, 1.807) is 0 Å². The number of nitrogens with zero attached hydrogens (tertiary/aromatic N) is 3. The third-order valence-electron chi connectivity index (χ3n) is 4.68. The first-order chi connectivity index (χ1) is 10.9. The van der Waals surface area contributed by atoms with Crippen molar-refractivity contribution >= 4 is 6.20 Å². The minimum atomic E-state index is -0.415. The van der Waals surface area contributed by atoms with E-state index in [1.807, 2.05) is 6.20 Å². The van der Waals surface area contributed by atoms with Gasteiger partial charge >= 0.3 is 0 Å². The highest BCUT2D eigenvalue weighted by atomic mass is 15.3. The number of fused-ring (bicyclic) bond motifs is 1. The molecule has 3 heteroatoms. The molecule has 1 aromatic carbocycles. The van der Waals surface area contributed by atoms with Gasteiger partial charge in [0.1, 0.15) is 0 Å². The van der Waals surface area contributed by atoms with Crippen LogP contribution in [0, 0.1) is 12.8 Å². The van der Waals surface area contributed by atoms with Crippen LogP contribution < -0.4 is 10.7 Å². The average Bonchev–Trinajstić information content (AvgIpc) is 2.49. The monoisotopic (exact) mass is 307 g/mol. The second-order valence-electron chi connectivity index (χ2n) is 6.99. The SMILES string of the molecule is Cc1ccccc1C1(C)N=c2nccc(CC(C)C)c2=CN1C. The predicted molar refractivity (Wildman–Crippen MR) is 94.3 cm³/mol. The van der Waals surface area contributed by atoms with E-state index in [0.29, 0.717) is 5.92 Å². The number of hydrogen-bond donors (Lipinski definition) is 0. The first kappa shape index (κ1) is 15.7.